The highest BCUT2D eigenvalue weighted by molar-refractivity contribution is 6.32. The Hall–Kier alpha value is -2.64. The van der Waals surface area contributed by atoms with Crippen molar-refractivity contribution >= 4 is 41.0 Å². The summed E-state index contributed by atoms with van der Waals surface area (Å²) in [6, 6.07) is 8.19. The Morgan fingerprint density at radius 3 is 2.48 bits per heavy atom. The normalized spacial score (nSPS) is 10.6. The van der Waals surface area contributed by atoms with Crippen LogP contribution in [0, 0.1) is 0 Å². The maximum atomic E-state index is 12.0. The number of halogens is 2. The van der Waals surface area contributed by atoms with Crippen molar-refractivity contribution in [1.29, 1.82) is 0 Å². The van der Waals surface area contributed by atoms with Crippen LogP contribution in [0.25, 0.3) is 0 Å². The number of anilines is 1. The molecular weight excluding hydrogens is 395 g/mol. The molecule has 0 fully saturated rings. The first-order valence-electron chi connectivity index (χ1n) is 7.68. The Bertz CT molecular complexity index is 843. The summed E-state index contributed by atoms with van der Waals surface area (Å²) in [5.74, 6) is 0.943. The second-order valence-corrected chi connectivity index (χ2v) is 5.98. The Morgan fingerprint density at radius 1 is 1.07 bits per heavy atom. The number of benzene rings is 2. The summed E-state index contributed by atoms with van der Waals surface area (Å²) in [7, 11) is 4.49. The number of nitrogens with zero attached hydrogens (tertiary/aromatic N) is 1. The molecule has 144 valence electrons. The molecule has 2 aromatic rings. The van der Waals surface area contributed by atoms with Crippen LogP contribution >= 0.6 is 23.2 Å². The van der Waals surface area contributed by atoms with Gasteiger partial charge in [0.1, 0.15) is 5.75 Å². The van der Waals surface area contributed by atoms with Crippen LogP contribution < -0.4 is 19.5 Å². The van der Waals surface area contributed by atoms with Gasteiger partial charge in [0.05, 0.1) is 38.3 Å². The SMILES string of the molecule is COc1ccc(Cl)cc1NC(=O)CO/N=C\c1cc(Cl)c(OC)c(OC)c1. The first-order chi connectivity index (χ1) is 13.0. The van der Waals surface area contributed by atoms with E-state index in [1.165, 1.54) is 27.5 Å². The van der Waals surface area contributed by atoms with Crippen LogP contribution in [-0.4, -0.2) is 40.1 Å². The quantitative estimate of drug-likeness (QED) is 0.523. The zero-order valence-electron chi connectivity index (χ0n) is 14.9. The van der Waals surface area contributed by atoms with E-state index in [9.17, 15) is 4.79 Å². The smallest absolute Gasteiger partial charge is 0.265 e. The van der Waals surface area contributed by atoms with Gasteiger partial charge in [0.2, 0.25) is 0 Å². The Balaban J connectivity index is 1.95. The van der Waals surface area contributed by atoms with Gasteiger partial charge >= 0.3 is 0 Å². The highest BCUT2D eigenvalue weighted by Gasteiger charge is 2.11. The largest absolute Gasteiger partial charge is 0.495 e. The van der Waals surface area contributed by atoms with Crippen molar-refractivity contribution < 1.29 is 23.8 Å². The number of hydrogen-bond acceptors (Lipinski definition) is 6. The third-order valence-corrected chi connectivity index (χ3v) is 3.88. The molecule has 27 heavy (non-hydrogen) atoms. The number of hydrogen-bond donors (Lipinski definition) is 1. The van der Waals surface area contributed by atoms with Gasteiger partial charge in [0.15, 0.2) is 18.1 Å². The lowest BCUT2D eigenvalue weighted by Gasteiger charge is -2.10. The Labute approximate surface area is 166 Å². The molecule has 0 radical (unpaired) electrons. The fourth-order valence-corrected chi connectivity index (χ4v) is 2.64. The van der Waals surface area contributed by atoms with E-state index in [2.05, 4.69) is 10.5 Å². The molecular formula is C18H18Cl2N2O5. The summed E-state index contributed by atoms with van der Waals surface area (Å²) in [4.78, 5) is 17.0. The first kappa shape index (κ1) is 20.7. The standard InChI is InChI=1S/C18H18Cl2N2O5/c1-24-15-5-4-12(19)8-14(15)22-17(23)10-27-21-9-11-6-13(20)18(26-3)16(7-11)25-2/h4-9H,10H2,1-3H3,(H,22,23)/b21-9-. The van der Waals surface area contributed by atoms with E-state index in [0.717, 1.165) is 0 Å². The monoisotopic (exact) mass is 412 g/mol. The van der Waals surface area contributed by atoms with Gasteiger partial charge in [-0.25, -0.2) is 0 Å². The van der Waals surface area contributed by atoms with Gasteiger partial charge in [0.25, 0.3) is 5.91 Å². The van der Waals surface area contributed by atoms with Crippen molar-refractivity contribution in [2.75, 3.05) is 33.3 Å². The van der Waals surface area contributed by atoms with Gasteiger partial charge in [-0.05, 0) is 30.3 Å². The van der Waals surface area contributed by atoms with E-state index in [0.29, 0.717) is 38.5 Å². The minimum absolute atomic E-state index is 0.298. The van der Waals surface area contributed by atoms with Crippen LogP contribution in [-0.2, 0) is 9.63 Å². The molecule has 0 atom stereocenters. The van der Waals surface area contributed by atoms with Gasteiger partial charge in [-0.1, -0.05) is 28.4 Å². The van der Waals surface area contributed by atoms with Gasteiger partial charge in [-0.15, -0.1) is 0 Å². The molecule has 1 amide bonds. The topological polar surface area (TPSA) is 78.4 Å². The van der Waals surface area contributed by atoms with E-state index < -0.39 is 5.91 Å². The van der Waals surface area contributed by atoms with Gasteiger partial charge in [-0.2, -0.15) is 0 Å². The summed E-state index contributed by atoms with van der Waals surface area (Å²) in [5, 5.41) is 7.23. The molecule has 0 spiro atoms. The second-order valence-electron chi connectivity index (χ2n) is 5.14. The number of amides is 1. The molecule has 0 aromatic heterocycles. The molecule has 0 saturated carbocycles. The number of carbonyl (C=O) groups excluding carboxylic acids is 1. The summed E-state index contributed by atoms with van der Waals surface area (Å²) >= 11 is 12.0. The molecule has 2 rings (SSSR count). The van der Waals surface area contributed by atoms with Crippen LogP contribution in [0.1, 0.15) is 5.56 Å². The molecule has 0 aliphatic rings. The lowest BCUT2D eigenvalue weighted by Crippen LogP contribution is -2.17. The van der Waals surface area contributed by atoms with Crippen LogP contribution in [0.2, 0.25) is 10.0 Å². The number of ether oxygens (including phenoxy) is 3. The summed E-state index contributed by atoms with van der Waals surface area (Å²) in [6.07, 6.45) is 1.40. The van der Waals surface area contributed by atoms with Crippen LogP contribution in [0.4, 0.5) is 5.69 Å². The predicted molar refractivity (Wildman–Crippen MR) is 105 cm³/mol. The van der Waals surface area contributed by atoms with Gasteiger partial charge in [-0.3, -0.25) is 4.79 Å². The van der Waals surface area contributed by atoms with E-state index in [1.807, 2.05) is 0 Å². The summed E-state index contributed by atoms with van der Waals surface area (Å²) in [6.45, 7) is -0.298. The molecule has 1 N–H and O–H groups in total. The summed E-state index contributed by atoms with van der Waals surface area (Å²) in [5.41, 5.74) is 1.06. The minimum Gasteiger partial charge on any atom is -0.495 e. The fourth-order valence-electron chi connectivity index (χ4n) is 2.17. The molecule has 0 aliphatic heterocycles. The third-order valence-electron chi connectivity index (χ3n) is 3.36. The molecule has 9 heteroatoms. The van der Waals surface area contributed by atoms with Crippen LogP contribution in [0.3, 0.4) is 0 Å². The summed E-state index contributed by atoms with van der Waals surface area (Å²) < 4.78 is 15.5. The Kier molecular flexibility index (Phi) is 7.57. The van der Waals surface area contributed by atoms with Crippen molar-refractivity contribution in [3.63, 3.8) is 0 Å². The number of methoxy groups -OCH3 is 3. The molecule has 0 heterocycles. The third kappa shape index (κ3) is 5.67. The van der Waals surface area contributed by atoms with E-state index in [1.54, 1.807) is 30.3 Å². The van der Waals surface area contributed by atoms with E-state index in [-0.39, 0.29) is 6.61 Å². The average Bonchev–Trinajstić information content (AvgIpc) is 2.65. The fraction of sp³-hybridized carbons (Fsp3) is 0.222. The van der Waals surface area contributed by atoms with Crippen LogP contribution in [0.15, 0.2) is 35.5 Å². The maximum Gasteiger partial charge on any atom is 0.265 e. The lowest BCUT2D eigenvalue weighted by atomic mass is 10.2. The number of rotatable bonds is 8. The number of carbonyl (C=O) groups is 1. The number of oxime groups is 1. The molecule has 7 nitrogen and oxygen atoms in total. The van der Waals surface area contributed by atoms with Crippen molar-refractivity contribution in [1.82, 2.24) is 0 Å². The van der Waals surface area contributed by atoms with Crippen molar-refractivity contribution in [2.45, 2.75) is 0 Å². The van der Waals surface area contributed by atoms with E-state index in [4.69, 9.17) is 42.3 Å². The van der Waals surface area contributed by atoms with E-state index >= 15 is 0 Å². The first-order valence-corrected chi connectivity index (χ1v) is 8.44. The lowest BCUT2D eigenvalue weighted by molar-refractivity contribution is -0.120. The van der Waals surface area contributed by atoms with Crippen molar-refractivity contribution in [3.8, 4) is 17.2 Å². The molecule has 0 bridgehead atoms. The second kappa shape index (κ2) is 9.89. The van der Waals surface area contributed by atoms with Crippen molar-refractivity contribution in [3.05, 3.63) is 45.9 Å². The molecule has 2 aromatic carbocycles. The maximum absolute atomic E-state index is 12.0. The zero-order valence-corrected chi connectivity index (χ0v) is 16.4. The van der Waals surface area contributed by atoms with Crippen LogP contribution in [0.5, 0.6) is 17.2 Å². The average molecular weight is 413 g/mol. The molecule has 0 unspecified atom stereocenters. The molecule has 0 saturated heterocycles. The highest BCUT2D eigenvalue weighted by Crippen LogP contribution is 2.35. The van der Waals surface area contributed by atoms with Crippen molar-refractivity contribution in [2.24, 2.45) is 5.16 Å². The zero-order chi connectivity index (χ0) is 19.8. The predicted octanol–water partition coefficient (Wildman–Crippen LogP) is 4.01. The van der Waals surface area contributed by atoms with Gasteiger partial charge < -0.3 is 24.4 Å². The highest BCUT2D eigenvalue weighted by atomic mass is 35.5. The van der Waals surface area contributed by atoms with Gasteiger partial charge in [0, 0.05) is 10.6 Å². The minimum atomic E-state index is -0.418. The number of nitrogens with one attached hydrogen (secondary N) is 1. The Morgan fingerprint density at radius 2 is 1.81 bits per heavy atom. The molecule has 0 aliphatic carbocycles.